The summed E-state index contributed by atoms with van der Waals surface area (Å²) in [6.45, 7) is 0.701. The van der Waals surface area contributed by atoms with Gasteiger partial charge in [0.25, 0.3) is 0 Å². The molecule has 0 aliphatic carbocycles. The van der Waals surface area contributed by atoms with Gasteiger partial charge in [-0.15, -0.1) is 11.8 Å². The number of hydrogen-bond donors (Lipinski definition) is 1. The van der Waals surface area contributed by atoms with E-state index >= 15 is 0 Å². The lowest BCUT2D eigenvalue weighted by Crippen LogP contribution is -2.44. The molecular formula is C22H26N2O4S2. The van der Waals surface area contributed by atoms with Crippen molar-refractivity contribution in [3.05, 3.63) is 54.1 Å². The Hall–Kier alpha value is -2.03. The largest absolute Gasteiger partial charge is 0.497 e. The number of thioether (sulfide) groups is 1. The van der Waals surface area contributed by atoms with Gasteiger partial charge in [-0.3, -0.25) is 4.79 Å². The van der Waals surface area contributed by atoms with Crippen LogP contribution in [0.5, 0.6) is 5.75 Å². The Bertz CT molecular complexity index is 1000. The number of benzene rings is 2. The fourth-order valence-corrected chi connectivity index (χ4v) is 6.63. The Balaban J connectivity index is 1.37. The van der Waals surface area contributed by atoms with Gasteiger partial charge in [-0.05, 0) is 55.2 Å². The third-order valence-corrected chi connectivity index (χ3v) is 8.83. The number of fused-ring (bicyclic) bond motifs is 1. The average Bonchev–Trinajstić information content (AvgIpc) is 2.79. The molecule has 0 bridgehead atoms. The monoisotopic (exact) mass is 446 g/mol. The molecule has 30 heavy (non-hydrogen) atoms. The zero-order chi connectivity index (χ0) is 21.1. The van der Waals surface area contributed by atoms with Crippen LogP contribution in [0.15, 0.2) is 58.3 Å². The molecule has 0 aromatic heterocycles. The van der Waals surface area contributed by atoms with Crippen LogP contribution in [-0.4, -0.2) is 44.6 Å². The van der Waals surface area contributed by atoms with Crippen LogP contribution in [-0.2, 0) is 14.8 Å². The summed E-state index contributed by atoms with van der Waals surface area (Å²) in [5.74, 6) is 1.48. The molecule has 2 aliphatic rings. The molecule has 0 unspecified atom stereocenters. The number of piperidine rings is 1. The average molecular weight is 447 g/mol. The Morgan fingerprint density at radius 1 is 1.07 bits per heavy atom. The minimum atomic E-state index is -3.56. The summed E-state index contributed by atoms with van der Waals surface area (Å²) in [6.07, 6.45) is 1.98. The van der Waals surface area contributed by atoms with E-state index in [0.29, 0.717) is 31.7 Å². The normalized spacial score (nSPS) is 20.4. The molecule has 160 valence electrons. The van der Waals surface area contributed by atoms with Crippen molar-refractivity contribution in [2.45, 2.75) is 35.1 Å². The van der Waals surface area contributed by atoms with Gasteiger partial charge in [0.15, 0.2) is 0 Å². The number of nitrogens with zero attached hydrogens (tertiary/aromatic N) is 1. The van der Waals surface area contributed by atoms with E-state index < -0.39 is 10.0 Å². The summed E-state index contributed by atoms with van der Waals surface area (Å²) in [5.41, 5.74) is 1.18. The van der Waals surface area contributed by atoms with Gasteiger partial charge in [0.2, 0.25) is 15.9 Å². The molecular weight excluding hydrogens is 420 g/mol. The predicted octanol–water partition coefficient (Wildman–Crippen LogP) is 3.45. The second-order valence-electron chi connectivity index (χ2n) is 7.59. The second kappa shape index (κ2) is 8.99. The summed E-state index contributed by atoms with van der Waals surface area (Å²) in [5, 5.41) is 3.21. The molecule has 2 aliphatic heterocycles. The first-order chi connectivity index (χ1) is 14.5. The minimum Gasteiger partial charge on any atom is -0.497 e. The van der Waals surface area contributed by atoms with Gasteiger partial charge in [0.05, 0.1) is 18.0 Å². The molecule has 8 heteroatoms. The summed E-state index contributed by atoms with van der Waals surface area (Å²) >= 11 is 1.83. The Labute approximate surface area is 182 Å². The van der Waals surface area contributed by atoms with Gasteiger partial charge in [0.1, 0.15) is 5.75 Å². The molecule has 1 amide bonds. The summed E-state index contributed by atoms with van der Waals surface area (Å²) < 4.78 is 32.4. The highest BCUT2D eigenvalue weighted by atomic mass is 32.2. The van der Waals surface area contributed by atoms with Gasteiger partial charge >= 0.3 is 0 Å². The maximum absolute atomic E-state index is 12.9. The topological polar surface area (TPSA) is 75.7 Å². The lowest BCUT2D eigenvalue weighted by atomic mass is 9.95. The van der Waals surface area contributed by atoms with E-state index in [0.717, 1.165) is 12.2 Å². The highest BCUT2D eigenvalue weighted by molar-refractivity contribution is 7.99. The van der Waals surface area contributed by atoms with Crippen molar-refractivity contribution in [3.8, 4) is 5.75 Å². The van der Waals surface area contributed by atoms with Crippen LogP contribution >= 0.6 is 11.8 Å². The van der Waals surface area contributed by atoms with E-state index in [4.69, 9.17) is 4.74 Å². The van der Waals surface area contributed by atoms with E-state index in [-0.39, 0.29) is 22.8 Å². The van der Waals surface area contributed by atoms with Crippen molar-refractivity contribution in [2.24, 2.45) is 5.92 Å². The van der Waals surface area contributed by atoms with Gasteiger partial charge in [-0.1, -0.05) is 18.2 Å². The first kappa shape index (κ1) is 21.2. The zero-order valence-electron chi connectivity index (χ0n) is 16.9. The standard InChI is InChI=1S/C22H26N2O4S2/c1-28-17-6-8-18(9-7-17)30(26,27)24-13-10-16(11-14-24)22(25)23-20-12-15-29-21-5-3-2-4-19(20)21/h2-9,16,20H,10-15H2,1H3,(H,23,25)/t20-/m1/s1. The number of hydrogen-bond acceptors (Lipinski definition) is 5. The summed E-state index contributed by atoms with van der Waals surface area (Å²) in [7, 11) is -2.01. The maximum atomic E-state index is 12.9. The number of nitrogens with one attached hydrogen (secondary N) is 1. The number of ether oxygens (including phenoxy) is 1. The SMILES string of the molecule is COc1ccc(S(=O)(=O)N2CCC(C(=O)N[C@@H]3CCSc4ccccc43)CC2)cc1. The second-order valence-corrected chi connectivity index (χ2v) is 10.7. The Kier molecular flexibility index (Phi) is 6.36. The fourth-order valence-electron chi connectivity index (χ4n) is 4.04. The third kappa shape index (κ3) is 4.36. The number of sulfonamides is 1. The molecule has 4 rings (SSSR count). The van der Waals surface area contributed by atoms with Crippen molar-refractivity contribution < 1.29 is 17.9 Å². The minimum absolute atomic E-state index is 0.0307. The van der Waals surface area contributed by atoms with Crippen molar-refractivity contribution in [1.29, 1.82) is 0 Å². The molecule has 2 aromatic rings. The number of rotatable bonds is 5. The lowest BCUT2D eigenvalue weighted by Gasteiger charge is -2.32. The number of amides is 1. The van der Waals surface area contributed by atoms with E-state index in [1.807, 2.05) is 23.9 Å². The van der Waals surface area contributed by atoms with E-state index in [2.05, 4.69) is 17.4 Å². The van der Waals surface area contributed by atoms with Crippen molar-refractivity contribution in [1.82, 2.24) is 9.62 Å². The third-order valence-electron chi connectivity index (χ3n) is 5.80. The molecule has 1 fully saturated rings. The molecule has 2 heterocycles. The molecule has 6 nitrogen and oxygen atoms in total. The Morgan fingerprint density at radius 3 is 2.47 bits per heavy atom. The van der Waals surface area contributed by atoms with Gasteiger partial charge in [-0.25, -0.2) is 8.42 Å². The Morgan fingerprint density at radius 2 is 1.77 bits per heavy atom. The molecule has 0 saturated carbocycles. The number of carbonyl (C=O) groups excluding carboxylic acids is 1. The molecule has 1 N–H and O–H groups in total. The first-order valence-corrected chi connectivity index (χ1v) is 12.6. The van der Waals surface area contributed by atoms with Crippen molar-refractivity contribution in [2.75, 3.05) is 26.0 Å². The van der Waals surface area contributed by atoms with Crippen LogP contribution in [0.1, 0.15) is 30.9 Å². The summed E-state index contributed by atoms with van der Waals surface area (Å²) in [4.78, 5) is 14.4. The van der Waals surface area contributed by atoms with Crippen molar-refractivity contribution in [3.63, 3.8) is 0 Å². The number of methoxy groups -OCH3 is 1. The fraction of sp³-hybridized carbons (Fsp3) is 0.409. The van der Waals surface area contributed by atoms with Crippen LogP contribution in [0.25, 0.3) is 0 Å². The van der Waals surface area contributed by atoms with Crippen LogP contribution in [0, 0.1) is 5.92 Å². The van der Waals surface area contributed by atoms with E-state index in [9.17, 15) is 13.2 Å². The van der Waals surface area contributed by atoms with Crippen LogP contribution < -0.4 is 10.1 Å². The van der Waals surface area contributed by atoms with Crippen molar-refractivity contribution >= 4 is 27.7 Å². The van der Waals surface area contributed by atoms with Crippen LogP contribution in [0.2, 0.25) is 0 Å². The lowest BCUT2D eigenvalue weighted by molar-refractivity contribution is -0.126. The maximum Gasteiger partial charge on any atom is 0.243 e. The van der Waals surface area contributed by atoms with Gasteiger partial charge in [0, 0.05) is 29.7 Å². The highest BCUT2D eigenvalue weighted by Gasteiger charge is 2.33. The van der Waals surface area contributed by atoms with Gasteiger partial charge in [-0.2, -0.15) is 4.31 Å². The van der Waals surface area contributed by atoms with Gasteiger partial charge < -0.3 is 10.1 Å². The molecule has 1 saturated heterocycles. The van der Waals surface area contributed by atoms with E-state index in [1.54, 1.807) is 31.4 Å². The van der Waals surface area contributed by atoms with E-state index in [1.165, 1.54) is 14.8 Å². The highest BCUT2D eigenvalue weighted by Crippen LogP contribution is 2.36. The summed E-state index contributed by atoms with van der Waals surface area (Å²) in [6, 6.07) is 14.7. The van der Waals surface area contributed by atoms with Crippen LogP contribution in [0.4, 0.5) is 0 Å². The molecule has 0 spiro atoms. The molecule has 1 atom stereocenters. The molecule has 0 radical (unpaired) electrons. The molecule has 2 aromatic carbocycles. The zero-order valence-corrected chi connectivity index (χ0v) is 18.5. The first-order valence-electron chi connectivity index (χ1n) is 10.2. The predicted molar refractivity (Wildman–Crippen MR) is 117 cm³/mol. The quantitative estimate of drug-likeness (QED) is 0.761. The number of carbonyl (C=O) groups is 1. The smallest absolute Gasteiger partial charge is 0.243 e. The van der Waals surface area contributed by atoms with Crippen LogP contribution in [0.3, 0.4) is 0 Å².